The van der Waals surface area contributed by atoms with Gasteiger partial charge in [0.15, 0.2) is 0 Å². The summed E-state index contributed by atoms with van der Waals surface area (Å²) >= 11 is 5.94. The topological polar surface area (TPSA) is 58.2 Å². The second kappa shape index (κ2) is 7.09. The third-order valence-corrected chi connectivity index (χ3v) is 4.53. The lowest BCUT2D eigenvalue weighted by Crippen LogP contribution is -2.29. The summed E-state index contributed by atoms with van der Waals surface area (Å²) in [4.78, 5) is 26.2. The van der Waals surface area contributed by atoms with Crippen LogP contribution >= 0.6 is 11.6 Å². The minimum absolute atomic E-state index is 0.213. The van der Waals surface area contributed by atoms with Gasteiger partial charge in [-0.1, -0.05) is 54.1 Å². The molecule has 5 heteroatoms. The van der Waals surface area contributed by atoms with E-state index in [1.165, 1.54) is 0 Å². The molecular formula is C22H15ClN2O2. The molecule has 0 bridgehead atoms. The first-order chi connectivity index (χ1) is 13.1. The zero-order chi connectivity index (χ0) is 18.8. The molecule has 0 aliphatic heterocycles. The van der Waals surface area contributed by atoms with Crippen molar-refractivity contribution in [2.45, 2.75) is 0 Å². The van der Waals surface area contributed by atoms with Crippen LogP contribution in [0.25, 0.3) is 0 Å². The highest BCUT2D eigenvalue weighted by Gasteiger charge is 2.32. The number of nitrogens with one attached hydrogen (secondary N) is 2. The Labute approximate surface area is 161 Å². The maximum atomic E-state index is 13.1. The Bertz CT molecular complexity index is 1060. The molecule has 3 aromatic rings. The summed E-state index contributed by atoms with van der Waals surface area (Å²) in [6.07, 6.45) is 0. The standard InChI is InChI=1S/C22H15ClN2O2/c23-14-10-12-16(13-11-14)25-20-19(24-15-6-2-1-3-7-15)21(26)17-8-4-5-9-18(17)22(20)27/h1-13,24-25H. The normalized spacial score (nSPS) is 13.4. The average Bonchev–Trinajstić information content (AvgIpc) is 2.71. The fourth-order valence-electron chi connectivity index (χ4n) is 2.96. The Balaban J connectivity index is 1.81. The summed E-state index contributed by atoms with van der Waals surface area (Å²) in [6, 6.07) is 23.1. The van der Waals surface area contributed by atoms with Gasteiger partial charge in [-0.2, -0.15) is 0 Å². The highest BCUT2D eigenvalue weighted by Crippen LogP contribution is 2.28. The number of anilines is 2. The molecule has 1 aliphatic carbocycles. The zero-order valence-electron chi connectivity index (χ0n) is 14.2. The van der Waals surface area contributed by atoms with E-state index in [1.54, 1.807) is 48.5 Å². The Morgan fingerprint density at radius 2 is 1.00 bits per heavy atom. The molecule has 0 amide bonds. The van der Waals surface area contributed by atoms with Crippen LogP contribution in [0.5, 0.6) is 0 Å². The van der Waals surface area contributed by atoms with Crippen molar-refractivity contribution in [2.75, 3.05) is 10.6 Å². The first-order valence-electron chi connectivity index (χ1n) is 8.41. The van der Waals surface area contributed by atoms with Gasteiger partial charge in [0, 0.05) is 27.5 Å². The Kier molecular flexibility index (Phi) is 4.48. The second-order valence-electron chi connectivity index (χ2n) is 6.08. The van der Waals surface area contributed by atoms with Crippen molar-refractivity contribution in [1.29, 1.82) is 0 Å². The molecule has 0 radical (unpaired) electrons. The molecule has 4 nitrogen and oxygen atoms in total. The largest absolute Gasteiger partial charge is 0.350 e. The van der Waals surface area contributed by atoms with Crippen molar-refractivity contribution in [3.63, 3.8) is 0 Å². The molecule has 0 fully saturated rings. The predicted molar refractivity (Wildman–Crippen MR) is 107 cm³/mol. The summed E-state index contributed by atoms with van der Waals surface area (Å²) in [5.41, 5.74) is 2.61. The van der Waals surface area contributed by atoms with Gasteiger partial charge in [0.05, 0.1) is 0 Å². The molecule has 132 valence electrons. The van der Waals surface area contributed by atoms with Gasteiger partial charge in [-0.05, 0) is 36.4 Å². The quantitative estimate of drug-likeness (QED) is 0.662. The van der Waals surface area contributed by atoms with Crippen LogP contribution in [0.15, 0.2) is 90.3 Å². The molecule has 0 atom stereocenters. The average molecular weight is 375 g/mol. The summed E-state index contributed by atoms with van der Waals surface area (Å²) in [6.45, 7) is 0. The Hall–Kier alpha value is -3.37. The smallest absolute Gasteiger partial charge is 0.212 e. The zero-order valence-corrected chi connectivity index (χ0v) is 15.0. The molecule has 0 saturated heterocycles. The summed E-state index contributed by atoms with van der Waals surface area (Å²) < 4.78 is 0. The molecule has 1 aliphatic rings. The van der Waals surface area contributed by atoms with Crippen molar-refractivity contribution in [1.82, 2.24) is 0 Å². The highest BCUT2D eigenvalue weighted by molar-refractivity contribution is 6.30. The SMILES string of the molecule is O=C1C(Nc2ccccc2)=C(Nc2ccc(Cl)cc2)C(=O)c2ccccc21. The summed E-state index contributed by atoms with van der Waals surface area (Å²) in [5.74, 6) is -0.468. The number of Topliss-reactive ketones (excluding diaryl/α,β-unsaturated/α-hetero) is 2. The van der Waals surface area contributed by atoms with Gasteiger partial charge in [-0.3, -0.25) is 9.59 Å². The lowest BCUT2D eigenvalue weighted by molar-refractivity contribution is 0.0977. The van der Waals surface area contributed by atoms with Crippen molar-refractivity contribution in [3.8, 4) is 0 Å². The van der Waals surface area contributed by atoms with E-state index in [9.17, 15) is 9.59 Å². The van der Waals surface area contributed by atoms with Gasteiger partial charge in [0.2, 0.25) is 11.6 Å². The van der Waals surface area contributed by atoms with E-state index < -0.39 is 0 Å². The fourth-order valence-corrected chi connectivity index (χ4v) is 3.08. The molecule has 0 spiro atoms. The van der Waals surface area contributed by atoms with Crippen LogP contribution in [0.4, 0.5) is 11.4 Å². The van der Waals surface area contributed by atoms with E-state index in [1.807, 2.05) is 30.3 Å². The number of carbonyl (C=O) groups excluding carboxylic acids is 2. The number of benzene rings is 3. The summed E-state index contributed by atoms with van der Waals surface area (Å²) in [7, 11) is 0. The van der Waals surface area contributed by atoms with E-state index in [4.69, 9.17) is 11.6 Å². The molecule has 2 N–H and O–H groups in total. The van der Waals surface area contributed by atoms with E-state index >= 15 is 0 Å². The molecule has 0 heterocycles. The first kappa shape index (κ1) is 17.1. The molecule has 4 rings (SSSR count). The number of hydrogen-bond acceptors (Lipinski definition) is 4. The maximum absolute atomic E-state index is 13.1. The monoisotopic (exact) mass is 374 g/mol. The van der Waals surface area contributed by atoms with Crippen LogP contribution < -0.4 is 10.6 Å². The van der Waals surface area contributed by atoms with Gasteiger partial charge < -0.3 is 10.6 Å². The number of halogens is 1. The van der Waals surface area contributed by atoms with Crippen LogP contribution in [0.3, 0.4) is 0 Å². The van der Waals surface area contributed by atoms with Gasteiger partial charge in [-0.15, -0.1) is 0 Å². The number of para-hydroxylation sites is 1. The minimum atomic E-state index is -0.237. The lowest BCUT2D eigenvalue weighted by atomic mass is 9.90. The van der Waals surface area contributed by atoms with Crippen LogP contribution in [0.1, 0.15) is 20.7 Å². The van der Waals surface area contributed by atoms with Crippen LogP contribution in [-0.4, -0.2) is 11.6 Å². The number of carbonyl (C=O) groups is 2. The molecular weight excluding hydrogens is 360 g/mol. The molecule has 0 aromatic heterocycles. The van der Waals surface area contributed by atoms with Crippen LogP contribution in [0.2, 0.25) is 5.02 Å². The van der Waals surface area contributed by atoms with E-state index in [0.717, 1.165) is 5.69 Å². The second-order valence-corrected chi connectivity index (χ2v) is 6.51. The van der Waals surface area contributed by atoms with Crippen molar-refractivity contribution in [2.24, 2.45) is 0 Å². The third kappa shape index (κ3) is 3.35. The number of fused-ring (bicyclic) bond motifs is 1. The van der Waals surface area contributed by atoms with E-state index in [0.29, 0.717) is 21.8 Å². The van der Waals surface area contributed by atoms with Crippen LogP contribution in [-0.2, 0) is 0 Å². The minimum Gasteiger partial charge on any atom is -0.350 e. The Morgan fingerprint density at radius 1 is 0.556 bits per heavy atom. The van der Waals surface area contributed by atoms with E-state index in [-0.39, 0.29) is 23.0 Å². The van der Waals surface area contributed by atoms with E-state index in [2.05, 4.69) is 10.6 Å². The van der Waals surface area contributed by atoms with Crippen molar-refractivity contribution < 1.29 is 9.59 Å². The van der Waals surface area contributed by atoms with Crippen LogP contribution in [0, 0.1) is 0 Å². The van der Waals surface area contributed by atoms with Gasteiger partial charge in [0.25, 0.3) is 0 Å². The third-order valence-electron chi connectivity index (χ3n) is 4.28. The first-order valence-corrected chi connectivity index (χ1v) is 8.78. The maximum Gasteiger partial charge on any atom is 0.212 e. The fraction of sp³-hybridized carbons (Fsp3) is 0. The number of ketones is 2. The Morgan fingerprint density at radius 3 is 1.52 bits per heavy atom. The molecule has 0 saturated carbocycles. The summed E-state index contributed by atoms with van der Waals surface area (Å²) in [5, 5.41) is 6.78. The molecule has 0 unspecified atom stereocenters. The van der Waals surface area contributed by atoms with Crippen molar-refractivity contribution >= 4 is 34.5 Å². The van der Waals surface area contributed by atoms with Gasteiger partial charge in [0.1, 0.15) is 11.4 Å². The number of rotatable bonds is 4. The number of hydrogen-bond donors (Lipinski definition) is 2. The van der Waals surface area contributed by atoms with Crippen molar-refractivity contribution in [3.05, 3.63) is 106 Å². The molecule has 27 heavy (non-hydrogen) atoms. The van der Waals surface area contributed by atoms with Gasteiger partial charge >= 0.3 is 0 Å². The number of allylic oxidation sites excluding steroid dienone is 2. The predicted octanol–water partition coefficient (Wildman–Crippen LogP) is 5.15. The molecule has 3 aromatic carbocycles. The van der Waals surface area contributed by atoms with Gasteiger partial charge in [-0.25, -0.2) is 0 Å². The lowest BCUT2D eigenvalue weighted by Gasteiger charge is -2.23. The highest BCUT2D eigenvalue weighted by atomic mass is 35.5.